The molecule has 0 fully saturated rings. The van der Waals surface area contributed by atoms with Crippen LogP contribution in [-0.2, 0) is 13.0 Å². The average molecular weight is 481 g/mol. The number of nitrogens with zero attached hydrogens (tertiary/aromatic N) is 7. The Hall–Kier alpha value is -3.89. The Bertz CT molecular complexity index is 1240. The number of rotatable bonds is 6. The molecule has 1 aliphatic heterocycles. The maximum absolute atomic E-state index is 14.9. The van der Waals surface area contributed by atoms with Crippen molar-refractivity contribution in [3.8, 4) is 11.5 Å². The van der Waals surface area contributed by atoms with E-state index in [0.717, 1.165) is 11.1 Å². The fourth-order valence-corrected chi connectivity index (χ4v) is 4.13. The molecule has 0 saturated carbocycles. The van der Waals surface area contributed by atoms with E-state index in [-0.39, 0.29) is 23.5 Å². The lowest BCUT2D eigenvalue weighted by Crippen LogP contribution is -2.45. The van der Waals surface area contributed by atoms with Gasteiger partial charge in [-0.15, -0.1) is 5.10 Å². The van der Waals surface area contributed by atoms with Crippen LogP contribution in [-0.4, -0.2) is 66.6 Å². The number of halogens is 1. The van der Waals surface area contributed by atoms with Crippen molar-refractivity contribution in [1.82, 2.24) is 35.0 Å². The van der Waals surface area contributed by atoms with E-state index in [1.807, 2.05) is 27.7 Å². The molecule has 0 atom stereocenters. The highest BCUT2D eigenvalue weighted by molar-refractivity contribution is 6.04. The second-order valence-electron chi connectivity index (χ2n) is 8.63. The number of nitrogens with one attached hydrogen (secondary N) is 1. The molecule has 0 bridgehead atoms. The van der Waals surface area contributed by atoms with Crippen LogP contribution in [0.2, 0.25) is 0 Å². The van der Waals surface area contributed by atoms with Crippen molar-refractivity contribution in [3.63, 3.8) is 0 Å². The number of tetrazole rings is 1. The molecule has 1 aromatic carbocycles. The van der Waals surface area contributed by atoms with Crippen LogP contribution < -0.4 is 5.32 Å². The Balaban J connectivity index is 1.55. The number of carbonyl (C=O) groups excluding carboxylic acids is 2. The zero-order chi connectivity index (χ0) is 25.1. The van der Waals surface area contributed by atoms with Crippen molar-refractivity contribution in [2.75, 3.05) is 25.0 Å². The largest absolute Gasteiger partial charge is 0.325 e. The van der Waals surface area contributed by atoms with Crippen molar-refractivity contribution < 1.29 is 14.0 Å². The minimum absolute atomic E-state index is 0.0258. The number of urea groups is 1. The summed E-state index contributed by atoms with van der Waals surface area (Å²) in [7, 11) is 0. The first kappa shape index (κ1) is 24.2. The van der Waals surface area contributed by atoms with Crippen molar-refractivity contribution >= 4 is 17.8 Å². The van der Waals surface area contributed by atoms with Crippen molar-refractivity contribution in [2.45, 2.75) is 46.7 Å². The Morgan fingerprint density at radius 2 is 1.94 bits per heavy atom. The maximum atomic E-state index is 14.9. The summed E-state index contributed by atoms with van der Waals surface area (Å²) < 4.78 is 16.5. The molecule has 4 rings (SSSR count). The summed E-state index contributed by atoms with van der Waals surface area (Å²) in [5.41, 5.74) is 1.96. The quantitative estimate of drug-likeness (QED) is 0.578. The molecule has 0 radical (unpaired) electrons. The molecular weight excluding hydrogens is 451 g/mol. The summed E-state index contributed by atoms with van der Waals surface area (Å²) in [4.78, 5) is 33.7. The SMILES string of the molecule is CCN(CC)C(=O)N1CCc2cc(F)c(C(=O)Nc3cccc(-c4nnnn4C(C)C)n3)cc2C1. The summed E-state index contributed by atoms with van der Waals surface area (Å²) in [5, 5.41) is 14.4. The van der Waals surface area contributed by atoms with Gasteiger partial charge in [-0.3, -0.25) is 4.79 Å². The van der Waals surface area contributed by atoms with E-state index in [9.17, 15) is 14.0 Å². The highest BCUT2D eigenvalue weighted by Gasteiger charge is 2.26. The van der Waals surface area contributed by atoms with Crippen LogP contribution in [0.15, 0.2) is 30.3 Å². The van der Waals surface area contributed by atoms with Crippen molar-refractivity contribution in [3.05, 3.63) is 52.8 Å². The number of fused-ring (bicyclic) bond motifs is 1. The Morgan fingerprint density at radius 3 is 2.66 bits per heavy atom. The molecule has 10 nitrogen and oxygen atoms in total. The van der Waals surface area contributed by atoms with Gasteiger partial charge in [0.1, 0.15) is 17.3 Å². The van der Waals surface area contributed by atoms with E-state index in [2.05, 4.69) is 25.8 Å². The Labute approximate surface area is 203 Å². The molecule has 0 saturated heterocycles. The van der Waals surface area contributed by atoms with Crippen molar-refractivity contribution in [1.29, 1.82) is 0 Å². The summed E-state index contributed by atoms with van der Waals surface area (Å²) in [6.07, 6.45) is 0.537. The smallest absolute Gasteiger partial charge is 0.320 e. The van der Waals surface area contributed by atoms with Gasteiger partial charge in [-0.1, -0.05) is 6.07 Å². The molecule has 1 aliphatic rings. The van der Waals surface area contributed by atoms with Gasteiger partial charge in [0.15, 0.2) is 0 Å². The molecule has 3 heterocycles. The fourth-order valence-electron chi connectivity index (χ4n) is 4.13. The number of pyridine rings is 1. The van der Waals surface area contributed by atoms with Crippen LogP contribution in [0, 0.1) is 5.82 Å². The topological polar surface area (TPSA) is 109 Å². The van der Waals surface area contributed by atoms with Gasteiger partial charge in [-0.05, 0) is 79.9 Å². The van der Waals surface area contributed by atoms with E-state index < -0.39 is 11.7 Å². The zero-order valence-corrected chi connectivity index (χ0v) is 20.3. The van der Waals surface area contributed by atoms with Gasteiger partial charge in [-0.25, -0.2) is 18.9 Å². The van der Waals surface area contributed by atoms with Gasteiger partial charge in [0, 0.05) is 26.2 Å². The van der Waals surface area contributed by atoms with Crippen LogP contribution >= 0.6 is 0 Å². The molecule has 0 unspecified atom stereocenters. The molecular formula is C24H29FN8O2. The van der Waals surface area contributed by atoms with E-state index in [4.69, 9.17) is 0 Å². The Morgan fingerprint density at radius 1 is 1.17 bits per heavy atom. The fraction of sp³-hybridized carbons (Fsp3) is 0.417. The Kier molecular flexibility index (Phi) is 7.04. The molecule has 3 aromatic rings. The molecule has 0 aliphatic carbocycles. The number of carbonyl (C=O) groups is 2. The normalized spacial score (nSPS) is 13.0. The third kappa shape index (κ3) is 4.98. The number of hydrogen-bond acceptors (Lipinski definition) is 6. The van der Waals surface area contributed by atoms with E-state index in [1.54, 1.807) is 32.7 Å². The standard InChI is InChI=1S/C24H29FN8O2/c1-5-31(6-2)24(35)32-11-10-16-13-19(25)18(12-17(16)14-32)23(34)27-21-9-7-8-20(26-21)22-28-29-30-33(22)15(3)4/h7-9,12-13,15H,5-6,10-11,14H2,1-4H3,(H,26,27,34). The molecule has 184 valence electrons. The highest BCUT2D eigenvalue weighted by atomic mass is 19.1. The molecule has 2 aromatic heterocycles. The highest BCUT2D eigenvalue weighted by Crippen LogP contribution is 2.25. The van der Waals surface area contributed by atoms with Crippen LogP contribution in [0.5, 0.6) is 0 Å². The number of anilines is 1. The lowest BCUT2D eigenvalue weighted by atomic mass is 9.96. The third-order valence-electron chi connectivity index (χ3n) is 6.05. The second-order valence-corrected chi connectivity index (χ2v) is 8.63. The first-order valence-electron chi connectivity index (χ1n) is 11.7. The van der Waals surface area contributed by atoms with Gasteiger partial charge in [0.05, 0.1) is 11.6 Å². The van der Waals surface area contributed by atoms with Crippen LogP contribution in [0.3, 0.4) is 0 Å². The van der Waals surface area contributed by atoms with Crippen LogP contribution in [0.4, 0.5) is 15.0 Å². The lowest BCUT2D eigenvalue weighted by Gasteiger charge is -2.33. The van der Waals surface area contributed by atoms with Gasteiger partial charge in [0.25, 0.3) is 5.91 Å². The van der Waals surface area contributed by atoms with Crippen LogP contribution in [0.25, 0.3) is 11.5 Å². The minimum atomic E-state index is -0.620. The van der Waals surface area contributed by atoms with Crippen LogP contribution in [0.1, 0.15) is 55.2 Å². The molecule has 1 N–H and O–H groups in total. The van der Waals surface area contributed by atoms with Gasteiger partial charge in [0.2, 0.25) is 5.82 Å². The minimum Gasteiger partial charge on any atom is -0.325 e. The molecule has 35 heavy (non-hydrogen) atoms. The summed E-state index contributed by atoms with van der Waals surface area (Å²) >= 11 is 0. The first-order valence-corrected chi connectivity index (χ1v) is 11.7. The summed E-state index contributed by atoms with van der Waals surface area (Å²) in [6.45, 7) is 9.84. The van der Waals surface area contributed by atoms with Gasteiger partial charge < -0.3 is 15.1 Å². The summed E-state index contributed by atoms with van der Waals surface area (Å²) in [5.74, 6) is -0.509. The molecule has 11 heteroatoms. The predicted octanol–water partition coefficient (Wildman–Crippen LogP) is 3.53. The average Bonchev–Trinajstić information content (AvgIpc) is 3.35. The van der Waals surface area contributed by atoms with Gasteiger partial charge >= 0.3 is 6.03 Å². The second kappa shape index (κ2) is 10.2. The predicted molar refractivity (Wildman–Crippen MR) is 128 cm³/mol. The zero-order valence-electron chi connectivity index (χ0n) is 20.3. The lowest BCUT2D eigenvalue weighted by molar-refractivity contribution is 0.102. The maximum Gasteiger partial charge on any atom is 0.320 e. The monoisotopic (exact) mass is 480 g/mol. The molecule has 0 spiro atoms. The van der Waals surface area contributed by atoms with E-state index in [0.29, 0.717) is 44.1 Å². The number of hydrogen-bond donors (Lipinski definition) is 1. The number of aromatic nitrogens is 5. The molecule has 3 amide bonds. The van der Waals surface area contributed by atoms with Crippen molar-refractivity contribution in [2.24, 2.45) is 0 Å². The summed E-state index contributed by atoms with van der Waals surface area (Å²) in [6, 6.07) is 7.97. The van der Waals surface area contributed by atoms with E-state index >= 15 is 0 Å². The third-order valence-corrected chi connectivity index (χ3v) is 6.05. The number of amides is 3. The van der Waals surface area contributed by atoms with E-state index in [1.165, 1.54) is 12.1 Å². The van der Waals surface area contributed by atoms with Gasteiger partial charge in [-0.2, -0.15) is 0 Å². The first-order chi connectivity index (χ1) is 16.8. The number of benzene rings is 1.